The fourth-order valence-corrected chi connectivity index (χ4v) is 8.95. The number of hydrogen-bond donors (Lipinski definition) is 4. The van der Waals surface area contributed by atoms with Crippen molar-refractivity contribution in [3.05, 3.63) is 165 Å². The average molecular weight is 966 g/mol. The van der Waals surface area contributed by atoms with Gasteiger partial charge in [0, 0.05) is 34.9 Å². The molecule has 6 rings (SSSR count). The number of nitrogens with two attached hydrogens (primary N) is 1. The number of hydrogen-bond acceptors (Lipinski definition) is 11. The summed E-state index contributed by atoms with van der Waals surface area (Å²) in [5, 5.41) is 0.324. The van der Waals surface area contributed by atoms with E-state index in [1.165, 1.54) is 79.1 Å². The molecule has 0 fully saturated rings. The molecule has 336 valence electrons. The van der Waals surface area contributed by atoms with Crippen molar-refractivity contribution >= 4 is 87.6 Å². The summed E-state index contributed by atoms with van der Waals surface area (Å²) >= 11 is 12.0. The first-order valence-electron chi connectivity index (χ1n) is 19.2. The second kappa shape index (κ2) is 19.1. The first kappa shape index (κ1) is 49.2. The van der Waals surface area contributed by atoms with Gasteiger partial charge in [-0.2, -0.15) is 0 Å². The topological polar surface area (TPSA) is 224 Å². The largest absolute Gasteiger partial charge is 0.399 e. The molecule has 4 aromatic carbocycles. The van der Waals surface area contributed by atoms with Crippen LogP contribution < -0.4 is 19.9 Å². The van der Waals surface area contributed by atoms with Crippen molar-refractivity contribution in [1.29, 1.82) is 0 Å². The summed E-state index contributed by atoms with van der Waals surface area (Å²) in [6, 6.07) is 27.8. The van der Waals surface area contributed by atoms with E-state index in [1.54, 1.807) is 42.5 Å². The van der Waals surface area contributed by atoms with Crippen molar-refractivity contribution in [2.75, 3.05) is 26.2 Å². The maximum Gasteiger partial charge on any atom is 0.261 e. The van der Waals surface area contributed by atoms with Gasteiger partial charge in [-0.1, -0.05) is 113 Å². The Bertz CT molecular complexity index is 3060. The second-order valence-corrected chi connectivity index (χ2v) is 22.6. The number of nitrogens with one attached hydrogen (secondary N) is 3. The van der Waals surface area contributed by atoms with E-state index in [9.17, 15) is 34.8 Å². The summed E-state index contributed by atoms with van der Waals surface area (Å²) in [5.74, 6) is -1.09. The maximum atomic E-state index is 13.2. The van der Waals surface area contributed by atoms with E-state index < -0.39 is 41.6 Å². The van der Waals surface area contributed by atoms with Gasteiger partial charge in [-0.05, 0) is 82.6 Å². The van der Waals surface area contributed by atoms with Gasteiger partial charge in [-0.25, -0.2) is 35.2 Å². The number of nitrogen functional groups attached to an aromatic ring is 1. The predicted octanol–water partition coefficient (Wildman–Crippen LogP) is 9.08. The van der Waals surface area contributed by atoms with Crippen molar-refractivity contribution in [3.63, 3.8) is 0 Å². The van der Waals surface area contributed by atoms with Gasteiger partial charge in [0.25, 0.3) is 20.0 Å². The standard InChI is InChI=1S/C23H24ClN3O5S2.C22H22ClN3O3S/c1-23(2,3)16-8-10-19(11-9-16)34(31,32)27-20-13-17(24)14-25-21(20)22(28)15-6-5-7-18(12-15)26-33(4,29)30;1-22(2,3)15-7-9-18(10-8-15)30(28,29)26-19-12-16(23)13-25-20(19)21(27)14-5-4-6-17(24)11-14/h5-14,26-27H,1-4H3;4-13,26H,24H2,1-3H3. The molecule has 14 nitrogen and oxygen atoms in total. The molecular formula is C45H46Cl2N6O8S3. The summed E-state index contributed by atoms with van der Waals surface area (Å²) in [5.41, 5.74) is 8.11. The van der Waals surface area contributed by atoms with Crippen LogP contribution in [0.25, 0.3) is 0 Å². The van der Waals surface area contributed by atoms with Crippen LogP contribution >= 0.6 is 23.2 Å². The number of benzene rings is 4. The number of rotatable bonds is 12. The summed E-state index contributed by atoms with van der Waals surface area (Å²) in [6.07, 6.45) is 3.50. The number of ketones is 2. The number of sulfonamides is 3. The fourth-order valence-electron chi connectivity index (χ4n) is 5.96. The lowest BCUT2D eigenvalue weighted by Crippen LogP contribution is -2.18. The number of carbonyl (C=O) groups is 2. The highest BCUT2D eigenvalue weighted by molar-refractivity contribution is 7.93. The van der Waals surface area contributed by atoms with Gasteiger partial charge < -0.3 is 5.73 Å². The molecule has 0 aliphatic rings. The first-order chi connectivity index (χ1) is 29.6. The zero-order valence-corrected chi connectivity index (χ0v) is 39.7. The lowest BCUT2D eigenvalue weighted by Gasteiger charge is -2.19. The minimum Gasteiger partial charge on any atom is -0.399 e. The normalized spacial score (nSPS) is 12.1. The Morgan fingerprint density at radius 3 is 1.31 bits per heavy atom. The predicted molar refractivity (Wildman–Crippen MR) is 253 cm³/mol. The zero-order valence-electron chi connectivity index (χ0n) is 35.8. The molecule has 0 saturated carbocycles. The molecule has 0 amide bonds. The highest BCUT2D eigenvalue weighted by atomic mass is 35.5. The molecule has 0 atom stereocenters. The highest BCUT2D eigenvalue weighted by Crippen LogP contribution is 2.30. The number of pyridine rings is 2. The van der Waals surface area contributed by atoms with Gasteiger partial charge in [-0.3, -0.25) is 23.8 Å². The molecule has 0 aliphatic heterocycles. The Morgan fingerprint density at radius 1 is 0.547 bits per heavy atom. The minimum absolute atomic E-state index is 0.00479. The van der Waals surface area contributed by atoms with Gasteiger partial charge in [-0.15, -0.1) is 0 Å². The molecule has 0 spiro atoms. The highest BCUT2D eigenvalue weighted by Gasteiger charge is 2.25. The van der Waals surface area contributed by atoms with Crippen LogP contribution in [0.1, 0.15) is 84.8 Å². The smallest absolute Gasteiger partial charge is 0.261 e. The number of halogens is 2. The summed E-state index contributed by atoms with van der Waals surface area (Å²) in [6.45, 7) is 12.2. The van der Waals surface area contributed by atoms with Gasteiger partial charge in [0.1, 0.15) is 11.4 Å². The Morgan fingerprint density at radius 2 is 0.938 bits per heavy atom. The minimum atomic E-state index is -4.06. The number of nitrogens with zero attached hydrogens (tertiary/aromatic N) is 2. The van der Waals surface area contributed by atoms with E-state index in [0.717, 1.165) is 17.4 Å². The van der Waals surface area contributed by atoms with Gasteiger partial charge in [0.2, 0.25) is 21.6 Å². The van der Waals surface area contributed by atoms with Crippen LogP contribution in [0.2, 0.25) is 10.0 Å². The molecule has 2 heterocycles. The van der Waals surface area contributed by atoms with Gasteiger partial charge >= 0.3 is 0 Å². The van der Waals surface area contributed by atoms with E-state index in [2.05, 4.69) is 24.1 Å². The van der Waals surface area contributed by atoms with E-state index in [4.69, 9.17) is 28.9 Å². The van der Waals surface area contributed by atoms with Crippen LogP contribution in [0.4, 0.5) is 22.7 Å². The molecule has 6 aromatic rings. The summed E-state index contributed by atoms with van der Waals surface area (Å²) in [7, 11) is -11.6. The van der Waals surface area contributed by atoms with Crippen molar-refractivity contribution in [2.45, 2.75) is 62.2 Å². The number of aromatic nitrogens is 2. The molecule has 0 unspecified atom stereocenters. The van der Waals surface area contributed by atoms with E-state index in [1.807, 2.05) is 41.5 Å². The van der Waals surface area contributed by atoms with Gasteiger partial charge in [0.15, 0.2) is 0 Å². The zero-order chi connectivity index (χ0) is 47.4. The third-order valence-corrected chi connectivity index (χ3v) is 13.0. The Kier molecular flexibility index (Phi) is 14.7. The molecule has 64 heavy (non-hydrogen) atoms. The summed E-state index contributed by atoms with van der Waals surface area (Å²) in [4.78, 5) is 34.2. The van der Waals surface area contributed by atoms with Crippen LogP contribution in [-0.2, 0) is 40.9 Å². The Hall–Kier alpha value is -5.85. The van der Waals surface area contributed by atoms with Crippen molar-refractivity contribution < 1.29 is 34.8 Å². The van der Waals surface area contributed by atoms with Crippen molar-refractivity contribution in [3.8, 4) is 0 Å². The number of anilines is 4. The average Bonchev–Trinajstić information content (AvgIpc) is 3.19. The fraction of sp³-hybridized carbons (Fsp3) is 0.200. The summed E-state index contributed by atoms with van der Waals surface area (Å²) < 4.78 is 82.1. The van der Waals surface area contributed by atoms with Gasteiger partial charge in [0.05, 0.1) is 37.5 Å². The molecule has 0 radical (unpaired) electrons. The molecule has 0 bridgehead atoms. The Labute approximate surface area is 383 Å². The Balaban J connectivity index is 0.000000243. The van der Waals surface area contributed by atoms with E-state index >= 15 is 0 Å². The van der Waals surface area contributed by atoms with E-state index in [0.29, 0.717) is 11.3 Å². The van der Waals surface area contributed by atoms with Crippen molar-refractivity contribution in [1.82, 2.24) is 9.97 Å². The maximum absolute atomic E-state index is 13.2. The van der Waals surface area contributed by atoms with Crippen LogP contribution in [0.3, 0.4) is 0 Å². The first-order valence-corrected chi connectivity index (χ1v) is 24.8. The quantitative estimate of drug-likeness (QED) is 0.0668. The third kappa shape index (κ3) is 12.9. The lowest BCUT2D eigenvalue weighted by atomic mass is 9.87. The SMILES string of the molecule is CC(C)(C)c1ccc(S(=O)(=O)Nc2cc(Cl)cnc2C(=O)c2cccc(N)c2)cc1.CC(C)(C)c1ccc(S(=O)(=O)Nc2cc(Cl)cnc2C(=O)c2cccc(NS(C)(=O)=O)c2)cc1. The molecule has 0 aliphatic carbocycles. The molecule has 2 aromatic heterocycles. The van der Waals surface area contributed by atoms with Crippen molar-refractivity contribution in [2.24, 2.45) is 0 Å². The lowest BCUT2D eigenvalue weighted by molar-refractivity contribution is 0.102. The molecule has 19 heteroatoms. The van der Waals surface area contributed by atoms with Crippen LogP contribution in [0, 0.1) is 0 Å². The van der Waals surface area contributed by atoms with Crippen LogP contribution in [-0.4, -0.2) is 53.0 Å². The van der Waals surface area contributed by atoms with E-state index in [-0.39, 0.29) is 64.7 Å². The van der Waals surface area contributed by atoms with Crippen LogP contribution in [0.5, 0.6) is 0 Å². The molecule has 5 N–H and O–H groups in total. The monoisotopic (exact) mass is 964 g/mol. The molecule has 0 saturated heterocycles. The number of carbonyl (C=O) groups excluding carboxylic acids is 2. The molecular weight excluding hydrogens is 920 g/mol. The third-order valence-electron chi connectivity index (χ3n) is 9.27. The van der Waals surface area contributed by atoms with Crippen LogP contribution in [0.15, 0.2) is 131 Å². The second-order valence-electron chi connectivity index (χ2n) is 16.6.